The minimum absolute atomic E-state index is 0.0973. The molecule has 2 heterocycles. The summed E-state index contributed by atoms with van der Waals surface area (Å²) >= 11 is 3.73. The Morgan fingerprint density at radius 2 is 1.61 bits per heavy atom. The van der Waals surface area contributed by atoms with Gasteiger partial charge in [0.2, 0.25) is 6.79 Å². The van der Waals surface area contributed by atoms with Crippen molar-refractivity contribution in [2.24, 2.45) is 0 Å². The molecule has 0 spiro atoms. The number of hydrogen-bond acceptors (Lipinski definition) is 5. The van der Waals surface area contributed by atoms with Crippen LogP contribution in [-0.2, 0) is 10.2 Å². The van der Waals surface area contributed by atoms with Gasteiger partial charge >= 0.3 is 0 Å². The molecule has 1 aliphatic carbocycles. The second-order valence-electron chi connectivity index (χ2n) is 10.8. The summed E-state index contributed by atoms with van der Waals surface area (Å²) < 4.78 is 12.1. The van der Waals surface area contributed by atoms with Crippen molar-refractivity contribution in [1.82, 2.24) is 0 Å². The highest BCUT2D eigenvalue weighted by atomic mass is 79.9. The van der Waals surface area contributed by atoms with Gasteiger partial charge in [-0.2, -0.15) is 0 Å². The van der Waals surface area contributed by atoms with Crippen LogP contribution in [0.4, 0.5) is 11.4 Å². The topological polar surface area (TPSA) is 59.6 Å². The third-order valence-electron chi connectivity index (χ3n) is 7.36. The summed E-state index contributed by atoms with van der Waals surface area (Å²) in [5.41, 5.74) is 7.24. The number of para-hydroxylation sites is 2. The lowest BCUT2D eigenvalue weighted by Crippen LogP contribution is -2.27. The predicted molar refractivity (Wildman–Crippen MR) is 146 cm³/mol. The third-order valence-corrected chi connectivity index (χ3v) is 8.05. The maximum Gasteiger partial charge on any atom is 0.231 e. The normalized spacial score (nSPS) is 20.7. The number of carbonyl (C=O) groups excluding carboxylic acids is 1. The zero-order valence-corrected chi connectivity index (χ0v) is 22.2. The van der Waals surface area contributed by atoms with Gasteiger partial charge < -0.3 is 20.1 Å². The standard InChI is InChI=1S/C30H29BrN2O3/c1-30(2,3)19-10-8-17(9-11-19)18-12-24-28(25(34)13-18)29(33-23-7-5-4-6-22(23)32-24)20-14-26-27(15-21(20)31)36-16-35-26/h4-11,14-15,18,29,32-33H,12-13,16H2,1-3H3. The molecule has 3 aromatic rings. The van der Waals surface area contributed by atoms with E-state index in [9.17, 15) is 4.79 Å². The number of allylic oxidation sites excluding steroid dienone is 1. The highest BCUT2D eigenvalue weighted by Crippen LogP contribution is 2.47. The van der Waals surface area contributed by atoms with Gasteiger partial charge in [0.15, 0.2) is 17.3 Å². The maximum atomic E-state index is 13.9. The summed E-state index contributed by atoms with van der Waals surface area (Å²) in [7, 11) is 0. The first-order chi connectivity index (χ1) is 17.3. The molecule has 2 N–H and O–H groups in total. The lowest BCUT2D eigenvalue weighted by Gasteiger charge is -2.30. The number of anilines is 2. The lowest BCUT2D eigenvalue weighted by molar-refractivity contribution is -0.116. The second kappa shape index (κ2) is 8.70. The molecule has 0 bridgehead atoms. The number of ether oxygens (including phenoxy) is 2. The Morgan fingerprint density at radius 3 is 2.33 bits per heavy atom. The first-order valence-corrected chi connectivity index (χ1v) is 13.2. The average molecular weight is 545 g/mol. The number of Topliss-reactive ketones (excluding diaryl/α,β-unsaturated/α-hetero) is 1. The first-order valence-electron chi connectivity index (χ1n) is 12.4. The molecular weight excluding hydrogens is 516 g/mol. The van der Waals surface area contributed by atoms with Crippen molar-refractivity contribution in [3.63, 3.8) is 0 Å². The van der Waals surface area contributed by atoms with E-state index < -0.39 is 0 Å². The largest absolute Gasteiger partial charge is 0.454 e. The van der Waals surface area contributed by atoms with Crippen molar-refractivity contribution < 1.29 is 14.3 Å². The van der Waals surface area contributed by atoms with Crippen LogP contribution in [-0.4, -0.2) is 12.6 Å². The number of benzene rings is 3. The van der Waals surface area contributed by atoms with Gasteiger partial charge in [0, 0.05) is 22.2 Å². The fraction of sp³-hybridized carbons (Fsp3) is 0.300. The fourth-order valence-corrected chi connectivity index (χ4v) is 5.92. The molecule has 0 saturated heterocycles. The molecule has 2 unspecified atom stereocenters. The Labute approximate surface area is 220 Å². The second-order valence-corrected chi connectivity index (χ2v) is 11.6. The van der Waals surface area contributed by atoms with Crippen molar-refractivity contribution >= 4 is 33.1 Å². The van der Waals surface area contributed by atoms with Crippen molar-refractivity contribution in [1.29, 1.82) is 0 Å². The molecular formula is C30H29BrN2O3. The van der Waals surface area contributed by atoms with Crippen LogP contribution in [0.2, 0.25) is 0 Å². The van der Waals surface area contributed by atoms with Gasteiger partial charge in [-0.3, -0.25) is 4.79 Å². The summed E-state index contributed by atoms with van der Waals surface area (Å²) in [5.74, 6) is 1.69. The summed E-state index contributed by atoms with van der Waals surface area (Å²) in [6, 6.07) is 20.5. The van der Waals surface area contributed by atoms with Crippen LogP contribution in [0.3, 0.4) is 0 Å². The summed E-state index contributed by atoms with van der Waals surface area (Å²) in [6.45, 7) is 6.86. The highest BCUT2D eigenvalue weighted by molar-refractivity contribution is 9.10. The summed E-state index contributed by atoms with van der Waals surface area (Å²) in [5, 5.41) is 7.27. The lowest BCUT2D eigenvalue weighted by atomic mass is 9.77. The number of nitrogens with one attached hydrogen (secondary N) is 2. The van der Waals surface area contributed by atoms with E-state index in [1.807, 2.05) is 30.3 Å². The molecule has 3 aromatic carbocycles. The monoisotopic (exact) mass is 544 g/mol. The number of rotatable bonds is 2. The van der Waals surface area contributed by atoms with Crippen LogP contribution in [0.15, 0.2) is 76.4 Å². The van der Waals surface area contributed by atoms with Gasteiger partial charge in [-0.1, -0.05) is 73.1 Å². The van der Waals surface area contributed by atoms with E-state index in [0.29, 0.717) is 17.9 Å². The van der Waals surface area contributed by atoms with E-state index in [2.05, 4.69) is 77.7 Å². The Bertz CT molecular complexity index is 1390. The molecule has 2 aliphatic heterocycles. The summed E-state index contributed by atoms with van der Waals surface area (Å²) in [4.78, 5) is 13.9. The van der Waals surface area contributed by atoms with Gasteiger partial charge in [0.25, 0.3) is 0 Å². The number of ketones is 1. The van der Waals surface area contributed by atoms with Crippen LogP contribution in [0.25, 0.3) is 0 Å². The van der Waals surface area contributed by atoms with Gasteiger partial charge in [0.05, 0.1) is 17.4 Å². The van der Waals surface area contributed by atoms with Crippen molar-refractivity contribution in [2.75, 3.05) is 17.4 Å². The number of carbonyl (C=O) groups is 1. The SMILES string of the molecule is CC(C)(C)c1ccc(C2CC(=O)C3=C(C2)Nc2ccccc2NC3c2cc3c(cc2Br)OCO3)cc1. The van der Waals surface area contributed by atoms with E-state index >= 15 is 0 Å². The molecule has 0 fully saturated rings. The molecule has 3 aliphatic rings. The van der Waals surface area contributed by atoms with Gasteiger partial charge in [0.1, 0.15) is 0 Å². The minimum atomic E-state index is -0.322. The molecule has 36 heavy (non-hydrogen) atoms. The average Bonchev–Trinajstić information content (AvgIpc) is 3.22. The number of fused-ring (bicyclic) bond motifs is 2. The van der Waals surface area contributed by atoms with E-state index in [1.165, 1.54) is 11.1 Å². The zero-order chi connectivity index (χ0) is 25.0. The number of hydrogen-bond donors (Lipinski definition) is 2. The molecule has 0 amide bonds. The van der Waals surface area contributed by atoms with Gasteiger partial charge in [-0.25, -0.2) is 0 Å². The van der Waals surface area contributed by atoms with Crippen LogP contribution in [0.5, 0.6) is 11.5 Å². The number of halogens is 1. The maximum absolute atomic E-state index is 13.9. The first kappa shape index (κ1) is 23.2. The molecule has 0 saturated carbocycles. The van der Waals surface area contributed by atoms with E-state index in [4.69, 9.17) is 9.47 Å². The van der Waals surface area contributed by atoms with Gasteiger partial charge in [-0.05, 0) is 58.7 Å². The van der Waals surface area contributed by atoms with E-state index in [1.54, 1.807) is 0 Å². The quantitative estimate of drug-likeness (QED) is 0.350. The van der Waals surface area contributed by atoms with E-state index in [-0.39, 0.29) is 30.0 Å². The van der Waals surface area contributed by atoms with Gasteiger partial charge in [-0.15, -0.1) is 0 Å². The molecule has 2 atom stereocenters. The van der Waals surface area contributed by atoms with Crippen molar-refractivity contribution in [2.45, 2.75) is 51.0 Å². The summed E-state index contributed by atoms with van der Waals surface area (Å²) in [6.07, 6.45) is 1.25. The third kappa shape index (κ3) is 4.07. The van der Waals surface area contributed by atoms with Crippen LogP contribution in [0.1, 0.15) is 62.3 Å². The molecule has 6 rings (SSSR count). The highest BCUT2D eigenvalue weighted by Gasteiger charge is 2.37. The van der Waals surface area contributed by atoms with Crippen LogP contribution >= 0.6 is 15.9 Å². The molecule has 6 heteroatoms. The Morgan fingerprint density at radius 1 is 0.917 bits per heavy atom. The Kier molecular flexibility index (Phi) is 5.60. The fourth-order valence-electron chi connectivity index (χ4n) is 5.37. The van der Waals surface area contributed by atoms with Crippen LogP contribution in [0, 0.1) is 0 Å². The molecule has 5 nitrogen and oxygen atoms in total. The zero-order valence-electron chi connectivity index (χ0n) is 20.7. The minimum Gasteiger partial charge on any atom is -0.454 e. The molecule has 0 aromatic heterocycles. The Balaban J connectivity index is 1.42. The van der Waals surface area contributed by atoms with E-state index in [0.717, 1.165) is 39.1 Å². The molecule has 184 valence electrons. The van der Waals surface area contributed by atoms with Crippen LogP contribution < -0.4 is 20.1 Å². The van der Waals surface area contributed by atoms with Crippen molar-refractivity contribution in [3.05, 3.63) is 93.1 Å². The predicted octanol–water partition coefficient (Wildman–Crippen LogP) is 7.45. The Hall–Kier alpha value is -3.25. The smallest absolute Gasteiger partial charge is 0.231 e. The van der Waals surface area contributed by atoms with Crippen molar-refractivity contribution in [3.8, 4) is 11.5 Å². The molecule has 0 radical (unpaired) electrons.